The van der Waals surface area contributed by atoms with Gasteiger partial charge in [0.05, 0.1) is 6.61 Å². The minimum absolute atomic E-state index is 0.181. The number of thiazole rings is 1. The van der Waals surface area contributed by atoms with Gasteiger partial charge >= 0.3 is 0 Å². The molecule has 1 unspecified atom stereocenters. The first-order chi connectivity index (χ1) is 9.35. The Morgan fingerprint density at radius 1 is 1.53 bits per heavy atom. The largest absolute Gasteiger partial charge is 0.368 e. The van der Waals surface area contributed by atoms with E-state index in [-0.39, 0.29) is 6.10 Å². The van der Waals surface area contributed by atoms with E-state index in [4.69, 9.17) is 4.74 Å². The number of morpholine rings is 1. The molecule has 1 saturated heterocycles. The van der Waals surface area contributed by atoms with E-state index in [0.29, 0.717) is 0 Å². The summed E-state index contributed by atoms with van der Waals surface area (Å²) in [5.74, 6) is 0. The second-order valence-corrected chi connectivity index (χ2v) is 6.63. The van der Waals surface area contributed by atoms with Crippen molar-refractivity contribution >= 4 is 11.3 Å². The van der Waals surface area contributed by atoms with Gasteiger partial charge in [0.1, 0.15) is 11.1 Å². The molecule has 0 amide bonds. The molecule has 19 heavy (non-hydrogen) atoms. The SMILES string of the molecule is CCCN1CCOC(c2ncc(CNC3CC3)s2)C1. The van der Waals surface area contributed by atoms with Crippen molar-refractivity contribution in [2.45, 2.75) is 44.9 Å². The third kappa shape index (κ3) is 3.75. The van der Waals surface area contributed by atoms with Crippen molar-refractivity contribution < 1.29 is 4.74 Å². The highest BCUT2D eigenvalue weighted by atomic mass is 32.1. The molecule has 0 radical (unpaired) electrons. The molecule has 1 aromatic rings. The van der Waals surface area contributed by atoms with Crippen LogP contribution < -0.4 is 5.32 Å². The lowest BCUT2D eigenvalue weighted by molar-refractivity contribution is -0.0299. The number of nitrogens with one attached hydrogen (secondary N) is 1. The minimum atomic E-state index is 0.181. The van der Waals surface area contributed by atoms with Crippen molar-refractivity contribution in [3.8, 4) is 0 Å². The summed E-state index contributed by atoms with van der Waals surface area (Å²) in [6, 6.07) is 0.761. The van der Waals surface area contributed by atoms with Crippen molar-refractivity contribution in [1.82, 2.24) is 15.2 Å². The highest BCUT2D eigenvalue weighted by Crippen LogP contribution is 2.27. The van der Waals surface area contributed by atoms with Crippen LogP contribution in [0.3, 0.4) is 0 Å². The van der Waals surface area contributed by atoms with E-state index in [1.807, 2.05) is 6.20 Å². The van der Waals surface area contributed by atoms with Crippen molar-refractivity contribution in [1.29, 1.82) is 0 Å². The standard InChI is InChI=1S/C14H23N3OS/c1-2-5-17-6-7-18-13(10-17)14-16-9-12(19-14)8-15-11-3-4-11/h9,11,13,15H,2-8,10H2,1H3. The van der Waals surface area contributed by atoms with Crippen LogP contribution in [0.2, 0.25) is 0 Å². The summed E-state index contributed by atoms with van der Waals surface area (Å²) in [4.78, 5) is 8.38. The maximum Gasteiger partial charge on any atom is 0.123 e. The predicted molar refractivity (Wildman–Crippen MR) is 77.4 cm³/mol. The second kappa shape index (κ2) is 6.31. The molecule has 0 bridgehead atoms. The zero-order valence-corrected chi connectivity index (χ0v) is 12.4. The Hall–Kier alpha value is -0.490. The van der Waals surface area contributed by atoms with Crippen LogP contribution >= 0.6 is 11.3 Å². The third-order valence-corrected chi connectivity index (χ3v) is 4.77. The summed E-state index contributed by atoms with van der Waals surface area (Å²) >= 11 is 1.80. The number of ether oxygens (including phenoxy) is 1. The number of aromatic nitrogens is 1. The minimum Gasteiger partial charge on any atom is -0.368 e. The zero-order valence-electron chi connectivity index (χ0n) is 11.6. The molecule has 0 spiro atoms. The van der Waals surface area contributed by atoms with Gasteiger partial charge in [-0.3, -0.25) is 4.90 Å². The topological polar surface area (TPSA) is 37.4 Å². The summed E-state index contributed by atoms with van der Waals surface area (Å²) in [7, 11) is 0. The first kappa shape index (κ1) is 13.5. The van der Waals surface area contributed by atoms with Gasteiger partial charge in [-0.15, -0.1) is 11.3 Å². The van der Waals surface area contributed by atoms with Crippen LogP contribution in [0.25, 0.3) is 0 Å². The molecule has 1 atom stereocenters. The Bertz CT molecular complexity index is 403. The molecule has 2 heterocycles. The monoisotopic (exact) mass is 281 g/mol. The zero-order chi connectivity index (χ0) is 13.1. The summed E-state index contributed by atoms with van der Waals surface area (Å²) in [5.41, 5.74) is 0. The predicted octanol–water partition coefficient (Wildman–Crippen LogP) is 2.18. The average Bonchev–Trinajstić information content (AvgIpc) is 3.14. The first-order valence-electron chi connectivity index (χ1n) is 7.37. The van der Waals surface area contributed by atoms with Gasteiger partial charge < -0.3 is 10.1 Å². The molecule has 106 valence electrons. The van der Waals surface area contributed by atoms with E-state index < -0.39 is 0 Å². The van der Waals surface area contributed by atoms with Crippen molar-refractivity contribution in [2.75, 3.05) is 26.2 Å². The van der Waals surface area contributed by atoms with Crippen molar-refractivity contribution in [3.05, 3.63) is 16.1 Å². The summed E-state index contributed by atoms with van der Waals surface area (Å²) in [6.07, 6.45) is 6.07. The number of hydrogen-bond donors (Lipinski definition) is 1. The van der Waals surface area contributed by atoms with Gasteiger partial charge in [-0.1, -0.05) is 6.92 Å². The molecule has 1 aliphatic carbocycles. The molecule has 4 nitrogen and oxygen atoms in total. The fraction of sp³-hybridized carbons (Fsp3) is 0.786. The van der Waals surface area contributed by atoms with Crippen LogP contribution in [0.1, 0.15) is 42.2 Å². The third-order valence-electron chi connectivity index (χ3n) is 3.68. The first-order valence-corrected chi connectivity index (χ1v) is 8.18. The van der Waals surface area contributed by atoms with Gasteiger partial charge in [0.2, 0.25) is 0 Å². The lowest BCUT2D eigenvalue weighted by Gasteiger charge is -2.31. The van der Waals surface area contributed by atoms with E-state index in [0.717, 1.165) is 37.3 Å². The van der Waals surface area contributed by atoms with E-state index >= 15 is 0 Å². The van der Waals surface area contributed by atoms with Gasteiger partial charge in [0, 0.05) is 36.8 Å². The van der Waals surface area contributed by atoms with Crippen LogP contribution in [0, 0.1) is 0 Å². The van der Waals surface area contributed by atoms with Crippen LogP contribution in [0.15, 0.2) is 6.20 Å². The van der Waals surface area contributed by atoms with Crippen LogP contribution in [-0.2, 0) is 11.3 Å². The molecule has 1 aromatic heterocycles. The average molecular weight is 281 g/mol. The van der Waals surface area contributed by atoms with Gasteiger partial charge in [0.25, 0.3) is 0 Å². The molecule has 0 aromatic carbocycles. The maximum absolute atomic E-state index is 5.88. The van der Waals surface area contributed by atoms with E-state index in [1.165, 1.54) is 30.7 Å². The van der Waals surface area contributed by atoms with E-state index in [1.54, 1.807) is 11.3 Å². The fourth-order valence-electron chi connectivity index (χ4n) is 2.46. The Labute approximate surface area is 119 Å². The molecule has 1 N–H and O–H groups in total. The Balaban J connectivity index is 1.54. The number of hydrogen-bond acceptors (Lipinski definition) is 5. The highest BCUT2D eigenvalue weighted by molar-refractivity contribution is 7.11. The molecule has 1 aliphatic heterocycles. The van der Waals surface area contributed by atoms with Gasteiger partial charge in [-0.05, 0) is 25.8 Å². The lowest BCUT2D eigenvalue weighted by Crippen LogP contribution is -2.38. The second-order valence-electron chi connectivity index (χ2n) is 5.48. The van der Waals surface area contributed by atoms with Gasteiger partial charge in [-0.25, -0.2) is 4.98 Å². The van der Waals surface area contributed by atoms with Crippen LogP contribution in [0.4, 0.5) is 0 Å². The number of nitrogens with zero attached hydrogens (tertiary/aromatic N) is 2. The Morgan fingerprint density at radius 2 is 2.42 bits per heavy atom. The highest BCUT2D eigenvalue weighted by Gasteiger charge is 2.24. The van der Waals surface area contributed by atoms with Crippen LogP contribution in [-0.4, -0.2) is 42.2 Å². The summed E-state index contributed by atoms with van der Waals surface area (Å²) in [5, 5.41) is 4.68. The molecule has 1 saturated carbocycles. The molecule has 3 rings (SSSR count). The molecular formula is C14H23N3OS. The summed E-state index contributed by atoms with van der Waals surface area (Å²) in [6.45, 7) is 7.26. The molecule has 2 fully saturated rings. The lowest BCUT2D eigenvalue weighted by atomic mass is 10.2. The van der Waals surface area contributed by atoms with E-state index in [2.05, 4.69) is 22.1 Å². The normalized spacial score (nSPS) is 24.8. The van der Waals surface area contributed by atoms with Crippen molar-refractivity contribution in [3.63, 3.8) is 0 Å². The maximum atomic E-state index is 5.88. The van der Waals surface area contributed by atoms with E-state index in [9.17, 15) is 0 Å². The Morgan fingerprint density at radius 3 is 3.21 bits per heavy atom. The molecular weight excluding hydrogens is 258 g/mol. The Kier molecular flexibility index (Phi) is 4.48. The van der Waals surface area contributed by atoms with Crippen LogP contribution in [0.5, 0.6) is 0 Å². The smallest absolute Gasteiger partial charge is 0.123 e. The summed E-state index contributed by atoms with van der Waals surface area (Å²) < 4.78 is 5.88. The molecule has 5 heteroatoms. The molecule has 2 aliphatic rings. The quantitative estimate of drug-likeness (QED) is 0.867. The van der Waals surface area contributed by atoms with Crippen molar-refractivity contribution in [2.24, 2.45) is 0 Å². The van der Waals surface area contributed by atoms with Gasteiger partial charge in [-0.2, -0.15) is 0 Å². The number of rotatable bonds is 6. The fourth-order valence-corrected chi connectivity index (χ4v) is 3.37. The van der Waals surface area contributed by atoms with Gasteiger partial charge in [0.15, 0.2) is 0 Å².